The summed E-state index contributed by atoms with van der Waals surface area (Å²) in [5, 5.41) is 3.03. The third kappa shape index (κ3) is 5.32. The van der Waals surface area contributed by atoms with E-state index in [1.807, 2.05) is 42.5 Å². The molecule has 23 heavy (non-hydrogen) atoms. The molecule has 4 heteroatoms. The van der Waals surface area contributed by atoms with E-state index in [0.29, 0.717) is 6.54 Å². The lowest BCUT2D eigenvalue weighted by Gasteiger charge is -2.19. The topological polar surface area (TPSA) is 32.3 Å². The van der Waals surface area contributed by atoms with Gasteiger partial charge in [0, 0.05) is 30.7 Å². The minimum absolute atomic E-state index is 0.0175. The summed E-state index contributed by atoms with van der Waals surface area (Å²) >= 11 is 1.70. The number of carbonyl (C=O) groups excluding carboxylic acids is 1. The van der Waals surface area contributed by atoms with E-state index in [1.54, 1.807) is 11.8 Å². The van der Waals surface area contributed by atoms with Crippen LogP contribution in [0.25, 0.3) is 0 Å². The van der Waals surface area contributed by atoms with E-state index in [2.05, 4.69) is 36.3 Å². The number of hydrogen-bond acceptors (Lipinski definition) is 3. The van der Waals surface area contributed by atoms with Crippen molar-refractivity contribution in [1.29, 1.82) is 0 Å². The highest BCUT2D eigenvalue weighted by atomic mass is 32.2. The first kappa shape index (κ1) is 17.4. The van der Waals surface area contributed by atoms with Crippen LogP contribution in [-0.4, -0.2) is 31.8 Å². The van der Waals surface area contributed by atoms with Gasteiger partial charge >= 0.3 is 0 Å². The Hall–Kier alpha value is -1.94. The van der Waals surface area contributed by atoms with E-state index in [4.69, 9.17) is 0 Å². The first-order valence-electron chi connectivity index (χ1n) is 7.98. The highest BCUT2D eigenvalue weighted by Gasteiger charge is 2.10. The lowest BCUT2D eigenvalue weighted by atomic mass is 10.2. The Kier molecular flexibility index (Phi) is 7.01. The van der Waals surface area contributed by atoms with Crippen LogP contribution >= 0.6 is 11.8 Å². The second-order valence-corrected chi connectivity index (χ2v) is 6.60. The summed E-state index contributed by atoms with van der Waals surface area (Å²) in [6.07, 6.45) is 0.917. The number of rotatable bonds is 8. The minimum atomic E-state index is 0.0175. The van der Waals surface area contributed by atoms with Gasteiger partial charge in [-0.2, -0.15) is 0 Å². The molecule has 2 rings (SSSR count). The molecule has 1 amide bonds. The fraction of sp³-hybridized carbons (Fsp3) is 0.316. The summed E-state index contributed by atoms with van der Waals surface area (Å²) in [7, 11) is 2.07. The van der Waals surface area contributed by atoms with Gasteiger partial charge < -0.3 is 10.2 Å². The summed E-state index contributed by atoms with van der Waals surface area (Å²) in [5.41, 5.74) is 1.97. The number of benzene rings is 2. The molecule has 0 aromatic heterocycles. The minimum Gasteiger partial charge on any atom is -0.375 e. The number of hydrogen-bond donors (Lipinski definition) is 1. The van der Waals surface area contributed by atoms with Gasteiger partial charge in [-0.1, -0.05) is 37.3 Å². The molecule has 0 fully saturated rings. The second kappa shape index (κ2) is 9.26. The molecule has 0 heterocycles. The second-order valence-electron chi connectivity index (χ2n) is 5.30. The zero-order chi connectivity index (χ0) is 16.5. The lowest BCUT2D eigenvalue weighted by molar-refractivity contribution is 0.0950. The van der Waals surface area contributed by atoms with Crippen molar-refractivity contribution in [2.45, 2.75) is 18.2 Å². The van der Waals surface area contributed by atoms with Gasteiger partial charge in [0.25, 0.3) is 5.91 Å². The lowest BCUT2D eigenvalue weighted by Crippen LogP contribution is -2.28. The maximum absolute atomic E-state index is 12.3. The molecule has 0 aliphatic heterocycles. The Morgan fingerprint density at radius 3 is 2.52 bits per heavy atom. The van der Waals surface area contributed by atoms with Crippen LogP contribution in [0.1, 0.15) is 23.7 Å². The van der Waals surface area contributed by atoms with Gasteiger partial charge in [0.05, 0.1) is 5.56 Å². The number of nitrogens with one attached hydrogen (secondary N) is 1. The van der Waals surface area contributed by atoms with Crippen molar-refractivity contribution in [2.75, 3.05) is 30.8 Å². The summed E-state index contributed by atoms with van der Waals surface area (Å²) < 4.78 is 0. The van der Waals surface area contributed by atoms with Gasteiger partial charge in [-0.15, -0.1) is 11.8 Å². The zero-order valence-electron chi connectivity index (χ0n) is 13.8. The van der Waals surface area contributed by atoms with Gasteiger partial charge in [0.2, 0.25) is 0 Å². The monoisotopic (exact) mass is 328 g/mol. The molecule has 0 saturated carbocycles. The van der Waals surface area contributed by atoms with Crippen LogP contribution in [0.5, 0.6) is 0 Å². The molecule has 0 aliphatic carbocycles. The molecule has 2 aromatic rings. The maximum atomic E-state index is 12.3. The van der Waals surface area contributed by atoms with Crippen LogP contribution in [0.2, 0.25) is 0 Å². The zero-order valence-corrected chi connectivity index (χ0v) is 14.6. The van der Waals surface area contributed by atoms with Crippen LogP contribution in [0.3, 0.4) is 0 Å². The fourth-order valence-corrected chi connectivity index (χ4v) is 3.16. The molecule has 0 spiro atoms. The van der Waals surface area contributed by atoms with Gasteiger partial charge in [-0.3, -0.25) is 4.79 Å². The number of nitrogens with zero attached hydrogens (tertiary/aromatic N) is 1. The van der Waals surface area contributed by atoms with Crippen LogP contribution in [0, 0.1) is 0 Å². The van der Waals surface area contributed by atoms with Crippen LogP contribution in [-0.2, 0) is 0 Å². The molecule has 2 aromatic carbocycles. The number of amides is 1. The number of para-hydroxylation sites is 1. The summed E-state index contributed by atoms with van der Waals surface area (Å²) in [6, 6.07) is 18.1. The Labute approximate surface area is 143 Å². The predicted octanol–water partition coefficient (Wildman–Crippen LogP) is 4.05. The van der Waals surface area contributed by atoms with Crippen molar-refractivity contribution in [3.8, 4) is 0 Å². The van der Waals surface area contributed by atoms with Crippen molar-refractivity contribution in [3.05, 3.63) is 60.2 Å². The Balaban J connectivity index is 1.79. The fourth-order valence-electron chi connectivity index (χ4n) is 2.36. The van der Waals surface area contributed by atoms with E-state index in [-0.39, 0.29) is 5.91 Å². The standard InChI is InChI=1S/C19H24N2OS/c1-3-23-18-13-8-7-12-17(18)19(22)20-14-9-15-21(2)16-10-5-4-6-11-16/h4-8,10-13H,3,9,14-15H2,1-2H3,(H,20,22). The smallest absolute Gasteiger partial charge is 0.252 e. The summed E-state index contributed by atoms with van der Waals surface area (Å²) in [5.74, 6) is 0.982. The first-order valence-corrected chi connectivity index (χ1v) is 8.97. The first-order chi connectivity index (χ1) is 11.2. The van der Waals surface area contributed by atoms with E-state index in [1.165, 1.54) is 5.69 Å². The molecule has 0 atom stereocenters. The summed E-state index contributed by atoms with van der Waals surface area (Å²) in [4.78, 5) is 15.6. The van der Waals surface area contributed by atoms with Crippen molar-refractivity contribution in [3.63, 3.8) is 0 Å². The Bertz CT molecular complexity index is 616. The molecule has 122 valence electrons. The van der Waals surface area contributed by atoms with Crippen molar-refractivity contribution in [1.82, 2.24) is 5.32 Å². The quantitative estimate of drug-likeness (QED) is 0.586. The van der Waals surface area contributed by atoms with E-state index in [0.717, 1.165) is 29.2 Å². The van der Waals surface area contributed by atoms with E-state index < -0.39 is 0 Å². The van der Waals surface area contributed by atoms with E-state index in [9.17, 15) is 4.79 Å². The normalized spacial score (nSPS) is 10.3. The van der Waals surface area contributed by atoms with E-state index >= 15 is 0 Å². The number of thioether (sulfide) groups is 1. The van der Waals surface area contributed by atoms with Gasteiger partial charge in [-0.25, -0.2) is 0 Å². The van der Waals surface area contributed by atoms with Crippen LogP contribution < -0.4 is 10.2 Å². The molecule has 0 radical (unpaired) electrons. The molecular weight excluding hydrogens is 304 g/mol. The highest BCUT2D eigenvalue weighted by molar-refractivity contribution is 7.99. The molecule has 3 nitrogen and oxygen atoms in total. The average molecular weight is 328 g/mol. The van der Waals surface area contributed by atoms with Crippen molar-refractivity contribution >= 4 is 23.4 Å². The number of carbonyl (C=O) groups is 1. The maximum Gasteiger partial charge on any atom is 0.252 e. The third-order valence-electron chi connectivity index (χ3n) is 3.58. The van der Waals surface area contributed by atoms with Gasteiger partial charge in [0.15, 0.2) is 0 Å². The molecule has 1 N–H and O–H groups in total. The van der Waals surface area contributed by atoms with Gasteiger partial charge in [-0.05, 0) is 36.4 Å². The Morgan fingerprint density at radius 2 is 1.78 bits per heavy atom. The summed E-state index contributed by atoms with van der Waals surface area (Å²) in [6.45, 7) is 3.69. The van der Waals surface area contributed by atoms with Crippen LogP contribution in [0.4, 0.5) is 5.69 Å². The molecule has 0 saturated heterocycles. The Morgan fingerprint density at radius 1 is 1.09 bits per heavy atom. The number of anilines is 1. The van der Waals surface area contributed by atoms with Crippen molar-refractivity contribution in [2.24, 2.45) is 0 Å². The van der Waals surface area contributed by atoms with Crippen LogP contribution in [0.15, 0.2) is 59.5 Å². The van der Waals surface area contributed by atoms with Gasteiger partial charge in [0.1, 0.15) is 0 Å². The molecule has 0 unspecified atom stereocenters. The predicted molar refractivity (Wildman–Crippen MR) is 99.5 cm³/mol. The van der Waals surface area contributed by atoms with Crippen molar-refractivity contribution < 1.29 is 4.79 Å². The molecule has 0 bridgehead atoms. The third-order valence-corrected chi connectivity index (χ3v) is 4.54. The molecular formula is C19H24N2OS. The SMILES string of the molecule is CCSc1ccccc1C(=O)NCCCN(C)c1ccccc1. The average Bonchev–Trinajstić information content (AvgIpc) is 2.60. The molecule has 0 aliphatic rings. The largest absolute Gasteiger partial charge is 0.375 e. The highest BCUT2D eigenvalue weighted by Crippen LogP contribution is 2.22.